The van der Waals surface area contributed by atoms with Crippen LogP contribution in [-0.4, -0.2) is 20.8 Å². The Balaban J connectivity index is 2.69. The van der Waals surface area contributed by atoms with Crippen LogP contribution >= 0.6 is 0 Å². The van der Waals surface area contributed by atoms with Crippen LogP contribution in [0.3, 0.4) is 0 Å². The summed E-state index contributed by atoms with van der Waals surface area (Å²) in [6.07, 6.45) is 5.77. The molecule has 1 unspecified atom stereocenters. The van der Waals surface area contributed by atoms with Crippen LogP contribution in [-0.2, 0) is 8.85 Å². The first-order chi connectivity index (χ1) is 8.39. The zero-order valence-corrected chi connectivity index (χ0v) is 14.2. The highest BCUT2D eigenvalue weighted by Gasteiger charge is 2.52. The van der Waals surface area contributed by atoms with Gasteiger partial charge in [0.1, 0.15) is 0 Å². The largest absolute Gasteiger partial charge is 0.392 e. The molecule has 1 atom stereocenters. The highest BCUT2D eigenvalue weighted by atomic mass is 28.4. The molecule has 1 saturated carbocycles. The Labute approximate surface area is 115 Å². The van der Waals surface area contributed by atoms with Gasteiger partial charge in [0.15, 0.2) is 0 Å². The van der Waals surface area contributed by atoms with Gasteiger partial charge in [0.25, 0.3) is 0 Å². The molecule has 1 aliphatic rings. The summed E-state index contributed by atoms with van der Waals surface area (Å²) in [6, 6.07) is 1.18. The molecule has 0 amide bonds. The van der Waals surface area contributed by atoms with Crippen molar-refractivity contribution in [3.8, 4) is 0 Å². The van der Waals surface area contributed by atoms with E-state index in [9.17, 15) is 0 Å². The van der Waals surface area contributed by atoms with Crippen molar-refractivity contribution in [3.05, 3.63) is 0 Å². The SMILES string of the molecule is CCC(C)CC[Si](OC(C)C)(OC(C)C)C1CC1. The van der Waals surface area contributed by atoms with Crippen LogP contribution < -0.4 is 0 Å². The monoisotopic (exact) mass is 272 g/mol. The fraction of sp³-hybridized carbons (Fsp3) is 1.00. The van der Waals surface area contributed by atoms with Crippen molar-refractivity contribution in [2.45, 2.75) is 91.0 Å². The second-order valence-corrected chi connectivity index (χ2v) is 9.88. The maximum absolute atomic E-state index is 6.38. The lowest BCUT2D eigenvalue weighted by atomic mass is 10.1. The molecule has 0 aromatic rings. The van der Waals surface area contributed by atoms with Crippen LogP contribution in [0.25, 0.3) is 0 Å². The van der Waals surface area contributed by atoms with Gasteiger partial charge in [-0.05, 0) is 58.9 Å². The second-order valence-electron chi connectivity index (χ2n) is 6.47. The number of rotatable bonds is 9. The lowest BCUT2D eigenvalue weighted by Crippen LogP contribution is -2.46. The zero-order valence-electron chi connectivity index (χ0n) is 13.2. The predicted octanol–water partition coefficient (Wildman–Crippen LogP) is 4.88. The van der Waals surface area contributed by atoms with Gasteiger partial charge in [-0.25, -0.2) is 0 Å². The van der Waals surface area contributed by atoms with E-state index in [4.69, 9.17) is 8.85 Å². The van der Waals surface area contributed by atoms with Gasteiger partial charge in [0.2, 0.25) is 0 Å². The Morgan fingerprint density at radius 1 is 1.00 bits per heavy atom. The Morgan fingerprint density at radius 3 is 1.83 bits per heavy atom. The summed E-state index contributed by atoms with van der Waals surface area (Å²) in [7, 11) is -1.97. The van der Waals surface area contributed by atoms with E-state index >= 15 is 0 Å². The van der Waals surface area contributed by atoms with Crippen molar-refractivity contribution in [3.63, 3.8) is 0 Å². The molecule has 3 heteroatoms. The van der Waals surface area contributed by atoms with Crippen LogP contribution in [0.15, 0.2) is 0 Å². The van der Waals surface area contributed by atoms with Gasteiger partial charge in [-0.3, -0.25) is 0 Å². The molecular formula is C15H32O2Si. The van der Waals surface area contributed by atoms with Crippen LogP contribution in [0.4, 0.5) is 0 Å². The van der Waals surface area contributed by atoms with Gasteiger partial charge >= 0.3 is 8.56 Å². The van der Waals surface area contributed by atoms with Crippen molar-refractivity contribution in [2.75, 3.05) is 0 Å². The van der Waals surface area contributed by atoms with E-state index in [0.717, 1.165) is 11.5 Å². The van der Waals surface area contributed by atoms with E-state index in [1.807, 2.05) is 0 Å². The van der Waals surface area contributed by atoms with E-state index in [2.05, 4.69) is 41.5 Å². The minimum absolute atomic E-state index is 0.299. The molecule has 1 fully saturated rings. The van der Waals surface area contributed by atoms with Gasteiger partial charge in [-0.1, -0.05) is 20.3 Å². The smallest absolute Gasteiger partial charge is 0.341 e. The van der Waals surface area contributed by atoms with Crippen LogP contribution in [0.2, 0.25) is 11.6 Å². The fourth-order valence-electron chi connectivity index (χ4n) is 2.52. The third-order valence-electron chi connectivity index (χ3n) is 3.75. The molecule has 0 bridgehead atoms. The Bertz CT molecular complexity index is 227. The van der Waals surface area contributed by atoms with E-state index in [1.54, 1.807) is 0 Å². The molecule has 0 aromatic carbocycles. The first-order valence-corrected chi connectivity index (χ1v) is 9.85. The van der Waals surface area contributed by atoms with Crippen molar-refractivity contribution < 1.29 is 8.85 Å². The summed E-state index contributed by atoms with van der Waals surface area (Å²) >= 11 is 0. The van der Waals surface area contributed by atoms with Gasteiger partial charge in [0, 0.05) is 17.7 Å². The number of hydrogen-bond donors (Lipinski definition) is 0. The van der Waals surface area contributed by atoms with Gasteiger partial charge in [-0.2, -0.15) is 0 Å². The minimum Gasteiger partial charge on any atom is -0.392 e. The molecule has 0 N–H and O–H groups in total. The highest BCUT2D eigenvalue weighted by Crippen LogP contribution is 2.49. The third kappa shape index (κ3) is 5.02. The number of hydrogen-bond acceptors (Lipinski definition) is 2. The maximum atomic E-state index is 6.38. The Kier molecular flexibility index (Phi) is 6.35. The summed E-state index contributed by atoms with van der Waals surface area (Å²) in [5.74, 6) is 0.794. The topological polar surface area (TPSA) is 18.5 Å². The summed E-state index contributed by atoms with van der Waals surface area (Å²) < 4.78 is 12.8. The van der Waals surface area contributed by atoms with E-state index in [0.29, 0.717) is 12.2 Å². The quantitative estimate of drug-likeness (QED) is 0.557. The maximum Gasteiger partial charge on any atom is 0.341 e. The summed E-state index contributed by atoms with van der Waals surface area (Å²) in [5.41, 5.74) is 0.756. The molecule has 0 saturated heterocycles. The molecule has 18 heavy (non-hydrogen) atoms. The molecule has 2 nitrogen and oxygen atoms in total. The molecule has 0 radical (unpaired) electrons. The molecule has 1 aliphatic carbocycles. The highest BCUT2D eigenvalue weighted by molar-refractivity contribution is 6.70. The first-order valence-electron chi connectivity index (χ1n) is 7.75. The standard InChI is InChI=1S/C15H32O2Si/c1-7-14(6)10-11-18(15-8-9-15,16-12(2)3)17-13(4)5/h12-15H,7-11H2,1-6H3. The zero-order chi connectivity index (χ0) is 13.8. The van der Waals surface area contributed by atoms with Gasteiger partial charge in [-0.15, -0.1) is 0 Å². The molecule has 0 aromatic heterocycles. The molecular weight excluding hydrogens is 240 g/mol. The summed E-state index contributed by atoms with van der Waals surface area (Å²) in [5, 5.41) is 0. The molecule has 108 valence electrons. The Morgan fingerprint density at radius 2 is 1.50 bits per heavy atom. The minimum atomic E-state index is -1.97. The van der Waals surface area contributed by atoms with E-state index in [1.165, 1.54) is 31.7 Å². The van der Waals surface area contributed by atoms with Crippen molar-refractivity contribution in [1.29, 1.82) is 0 Å². The summed E-state index contributed by atoms with van der Waals surface area (Å²) in [6.45, 7) is 13.2. The lowest BCUT2D eigenvalue weighted by Gasteiger charge is -2.35. The molecule has 0 aliphatic heterocycles. The average Bonchev–Trinajstić information content (AvgIpc) is 3.07. The van der Waals surface area contributed by atoms with Crippen LogP contribution in [0.1, 0.15) is 67.2 Å². The Hall–Kier alpha value is 0.137. The predicted molar refractivity (Wildman–Crippen MR) is 80.1 cm³/mol. The van der Waals surface area contributed by atoms with E-state index < -0.39 is 8.56 Å². The lowest BCUT2D eigenvalue weighted by molar-refractivity contribution is 0.101. The van der Waals surface area contributed by atoms with Gasteiger partial charge < -0.3 is 8.85 Å². The van der Waals surface area contributed by atoms with Crippen molar-refractivity contribution in [1.82, 2.24) is 0 Å². The third-order valence-corrected chi connectivity index (χ3v) is 8.30. The van der Waals surface area contributed by atoms with Crippen LogP contribution in [0.5, 0.6) is 0 Å². The normalized spacial score (nSPS) is 18.7. The van der Waals surface area contributed by atoms with Crippen molar-refractivity contribution >= 4 is 8.56 Å². The fourth-order valence-corrected chi connectivity index (χ4v) is 7.14. The van der Waals surface area contributed by atoms with Crippen molar-refractivity contribution in [2.24, 2.45) is 5.92 Å². The van der Waals surface area contributed by atoms with Gasteiger partial charge in [0.05, 0.1) is 0 Å². The van der Waals surface area contributed by atoms with Crippen LogP contribution in [0, 0.1) is 5.92 Å². The molecule has 1 rings (SSSR count). The average molecular weight is 273 g/mol. The summed E-state index contributed by atoms with van der Waals surface area (Å²) in [4.78, 5) is 0. The first kappa shape index (κ1) is 16.2. The van der Waals surface area contributed by atoms with E-state index in [-0.39, 0.29) is 0 Å². The molecule has 0 heterocycles. The molecule has 0 spiro atoms. The second kappa shape index (κ2) is 7.06.